The number of aromatic amines is 1. The van der Waals surface area contributed by atoms with Gasteiger partial charge in [0.15, 0.2) is 5.82 Å². The Bertz CT molecular complexity index is 1130. The van der Waals surface area contributed by atoms with E-state index in [0.29, 0.717) is 11.8 Å². The highest BCUT2D eigenvalue weighted by atomic mass is 16.3. The molecule has 1 aromatic carbocycles. The minimum Gasteiger partial charge on any atom is -0.390 e. The van der Waals surface area contributed by atoms with E-state index in [1.807, 2.05) is 43.6 Å². The van der Waals surface area contributed by atoms with Crippen molar-refractivity contribution in [3.63, 3.8) is 0 Å². The summed E-state index contributed by atoms with van der Waals surface area (Å²) in [6.07, 6.45) is 5.45. The van der Waals surface area contributed by atoms with Crippen LogP contribution < -0.4 is 5.32 Å². The zero-order valence-corrected chi connectivity index (χ0v) is 15.5. The second-order valence-corrected chi connectivity index (χ2v) is 7.18. The first-order chi connectivity index (χ1) is 13.6. The number of hydrogen-bond donors (Lipinski definition) is 3. The van der Waals surface area contributed by atoms with Gasteiger partial charge in [0.2, 0.25) is 5.95 Å². The molecule has 0 unspecified atom stereocenters. The number of fused-ring (bicyclic) bond motifs is 1. The molecule has 0 aliphatic carbocycles. The molecule has 5 rings (SSSR count). The summed E-state index contributed by atoms with van der Waals surface area (Å²) in [5.41, 5.74) is 4.12. The number of aliphatic hydroxyl groups excluding tert-OH is 1. The lowest BCUT2D eigenvalue weighted by atomic mass is 10.1. The molecule has 1 aliphatic heterocycles. The minimum atomic E-state index is -0.198. The van der Waals surface area contributed by atoms with Crippen molar-refractivity contribution in [3.05, 3.63) is 60.2 Å². The van der Waals surface area contributed by atoms with E-state index in [1.54, 1.807) is 10.9 Å². The topological polar surface area (TPSA) is 94.9 Å². The van der Waals surface area contributed by atoms with Gasteiger partial charge in [0.25, 0.3) is 0 Å². The van der Waals surface area contributed by atoms with Crippen molar-refractivity contribution in [2.45, 2.75) is 19.6 Å². The highest BCUT2D eigenvalue weighted by Gasteiger charge is 2.25. The molecular weight excluding hydrogens is 354 g/mol. The van der Waals surface area contributed by atoms with Crippen LogP contribution in [0.5, 0.6) is 0 Å². The number of likely N-dealkylation sites (tertiary alicyclic amines) is 1. The van der Waals surface area contributed by atoms with Crippen molar-refractivity contribution in [2.75, 3.05) is 18.4 Å². The lowest BCUT2D eigenvalue weighted by Gasteiger charge is -2.35. The fraction of sp³-hybridized carbons (Fsp3) is 0.250. The van der Waals surface area contributed by atoms with Crippen LogP contribution in [0, 0.1) is 6.92 Å². The van der Waals surface area contributed by atoms with Gasteiger partial charge in [0.1, 0.15) is 0 Å². The van der Waals surface area contributed by atoms with Gasteiger partial charge < -0.3 is 15.4 Å². The molecule has 4 aromatic rings. The quantitative estimate of drug-likeness (QED) is 0.496. The second kappa shape index (κ2) is 6.74. The van der Waals surface area contributed by atoms with Crippen LogP contribution in [-0.4, -0.2) is 53.9 Å². The van der Waals surface area contributed by atoms with E-state index in [4.69, 9.17) is 0 Å². The monoisotopic (exact) mass is 375 g/mol. The van der Waals surface area contributed by atoms with Crippen LogP contribution in [0.1, 0.15) is 11.3 Å². The maximum absolute atomic E-state index is 9.46. The molecule has 0 saturated carbocycles. The van der Waals surface area contributed by atoms with E-state index in [9.17, 15) is 5.11 Å². The Kier molecular flexibility index (Phi) is 4.07. The fourth-order valence-corrected chi connectivity index (χ4v) is 3.48. The molecule has 8 heteroatoms. The number of aromatic nitrogens is 5. The number of aryl methyl sites for hydroxylation is 1. The molecule has 3 N–H and O–H groups in total. The molecule has 142 valence electrons. The zero-order chi connectivity index (χ0) is 19.1. The van der Waals surface area contributed by atoms with E-state index in [-0.39, 0.29) is 6.10 Å². The summed E-state index contributed by atoms with van der Waals surface area (Å²) in [4.78, 5) is 14.3. The first kappa shape index (κ1) is 16.9. The summed E-state index contributed by atoms with van der Waals surface area (Å²) in [6, 6.07) is 9.94. The molecular formula is C20H21N7O. The molecule has 0 radical (unpaired) electrons. The smallest absolute Gasteiger partial charge is 0.229 e. The van der Waals surface area contributed by atoms with Crippen LogP contribution in [-0.2, 0) is 6.54 Å². The molecule has 4 heterocycles. The van der Waals surface area contributed by atoms with Crippen LogP contribution in [0.25, 0.3) is 16.7 Å². The summed E-state index contributed by atoms with van der Waals surface area (Å²) < 4.78 is 1.78. The number of rotatable bonds is 5. The number of aliphatic hydroxyl groups is 1. The van der Waals surface area contributed by atoms with Gasteiger partial charge in [0.05, 0.1) is 11.8 Å². The Morgan fingerprint density at radius 2 is 2.14 bits per heavy atom. The number of nitrogens with one attached hydrogen (secondary N) is 2. The average molecular weight is 375 g/mol. The van der Waals surface area contributed by atoms with Crippen molar-refractivity contribution in [2.24, 2.45) is 0 Å². The third-order valence-corrected chi connectivity index (χ3v) is 5.02. The maximum atomic E-state index is 9.46. The van der Waals surface area contributed by atoms with Crippen LogP contribution in [0.3, 0.4) is 0 Å². The summed E-state index contributed by atoms with van der Waals surface area (Å²) in [5.74, 6) is 1.23. The second-order valence-electron chi connectivity index (χ2n) is 7.18. The van der Waals surface area contributed by atoms with Gasteiger partial charge in [-0.25, -0.2) is 9.67 Å². The highest BCUT2D eigenvalue weighted by Crippen LogP contribution is 2.21. The Balaban J connectivity index is 1.36. The summed E-state index contributed by atoms with van der Waals surface area (Å²) in [5, 5.41) is 18.4. The molecule has 3 aromatic heterocycles. The lowest BCUT2D eigenvalue weighted by molar-refractivity contribution is -0.00297. The van der Waals surface area contributed by atoms with Gasteiger partial charge in [0, 0.05) is 66.4 Å². The molecule has 1 aliphatic rings. The van der Waals surface area contributed by atoms with Gasteiger partial charge in [-0.15, -0.1) is 0 Å². The standard InChI is InChI=1S/C20H21N7O/c1-13-15(9-26-11-17(28)12-26)10-27(25-13)19-5-7-22-20(24-19)23-16-2-3-18-14(8-16)4-6-21-18/h2-8,10,17,21,28H,9,11-12H2,1H3,(H,22,23,24). The number of β-amino-alcohol motifs (C(OH)–C–C–N with tert-alkyl or cyclic N) is 1. The Morgan fingerprint density at radius 1 is 1.25 bits per heavy atom. The number of nitrogens with zero attached hydrogens (tertiary/aromatic N) is 5. The number of anilines is 2. The van der Waals surface area contributed by atoms with Gasteiger partial charge in [-0.05, 0) is 31.2 Å². The summed E-state index contributed by atoms with van der Waals surface area (Å²) in [6.45, 7) is 4.22. The fourth-order valence-electron chi connectivity index (χ4n) is 3.48. The van der Waals surface area contributed by atoms with Crippen molar-refractivity contribution in [1.29, 1.82) is 0 Å². The van der Waals surface area contributed by atoms with Crippen molar-refractivity contribution in [1.82, 2.24) is 29.6 Å². The third kappa shape index (κ3) is 3.23. The lowest BCUT2D eigenvalue weighted by Crippen LogP contribution is -2.49. The van der Waals surface area contributed by atoms with E-state index in [2.05, 4.69) is 36.3 Å². The zero-order valence-electron chi connectivity index (χ0n) is 15.5. The molecule has 0 bridgehead atoms. The molecule has 28 heavy (non-hydrogen) atoms. The predicted molar refractivity (Wildman–Crippen MR) is 107 cm³/mol. The molecule has 1 saturated heterocycles. The number of hydrogen-bond acceptors (Lipinski definition) is 6. The number of H-pyrrole nitrogens is 1. The van der Waals surface area contributed by atoms with Gasteiger partial charge >= 0.3 is 0 Å². The van der Waals surface area contributed by atoms with Crippen molar-refractivity contribution >= 4 is 22.5 Å². The first-order valence-corrected chi connectivity index (χ1v) is 9.27. The van der Waals surface area contributed by atoms with Crippen LogP contribution in [0.4, 0.5) is 11.6 Å². The van der Waals surface area contributed by atoms with E-state index in [1.165, 1.54) is 0 Å². The molecule has 8 nitrogen and oxygen atoms in total. The van der Waals surface area contributed by atoms with E-state index in [0.717, 1.165) is 47.5 Å². The Labute approximate surface area is 161 Å². The Morgan fingerprint density at radius 3 is 3.00 bits per heavy atom. The molecule has 0 amide bonds. The predicted octanol–water partition coefficient (Wildman–Crippen LogP) is 2.37. The molecule has 1 fully saturated rings. The molecule has 0 atom stereocenters. The SMILES string of the molecule is Cc1nn(-c2ccnc(Nc3ccc4[nH]ccc4c3)n2)cc1CN1CC(O)C1. The van der Waals surface area contributed by atoms with Gasteiger partial charge in [-0.1, -0.05) is 0 Å². The van der Waals surface area contributed by atoms with Gasteiger partial charge in [-0.2, -0.15) is 10.1 Å². The largest absolute Gasteiger partial charge is 0.390 e. The minimum absolute atomic E-state index is 0.198. The average Bonchev–Trinajstić information content (AvgIpc) is 3.27. The van der Waals surface area contributed by atoms with Crippen LogP contribution in [0.2, 0.25) is 0 Å². The van der Waals surface area contributed by atoms with Crippen molar-refractivity contribution < 1.29 is 5.11 Å². The normalized spacial score (nSPS) is 15.1. The van der Waals surface area contributed by atoms with Gasteiger partial charge in [-0.3, -0.25) is 4.90 Å². The van der Waals surface area contributed by atoms with Crippen molar-refractivity contribution in [3.8, 4) is 5.82 Å². The van der Waals surface area contributed by atoms with Crippen LogP contribution in [0.15, 0.2) is 48.9 Å². The van der Waals surface area contributed by atoms with E-state index < -0.39 is 0 Å². The highest BCUT2D eigenvalue weighted by molar-refractivity contribution is 5.83. The summed E-state index contributed by atoms with van der Waals surface area (Å²) >= 11 is 0. The van der Waals surface area contributed by atoms with Crippen LogP contribution >= 0.6 is 0 Å². The maximum Gasteiger partial charge on any atom is 0.229 e. The Hall–Kier alpha value is -3.23. The third-order valence-electron chi connectivity index (χ3n) is 5.02. The first-order valence-electron chi connectivity index (χ1n) is 9.27. The van der Waals surface area contributed by atoms with E-state index >= 15 is 0 Å². The molecule has 0 spiro atoms. The number of benzene rings is 1. The summed E-state index contributed by atoms with van der Waals surface area (Å²) in [7, 11) is 0.